The molecule has 1 saturated carbocycles. The van der Waals surface area contributed by atoms with Crippen LogP contribution in [0.5, 0.6) is 0 Å². The van der Waals surface area contributed by atoms with Crippen LogP contribution >= 0.6 is 0 Å². The van der Waals surface area contributed by atoms with Crippen LogP contribution in [0.1, 0.15) is 42.4 Å². The van der Waals surface area contributed by atoms with Crippen LogP contribution in [0.25, 0.3) is 0 Å². The average molecular weight is 294 g/mol. The zero-order chi connectivity index (χ0) is 15.0. The maximum atomic E-state index is 13.2. The molecule has 1 aliphatic heterocycles. The van der Waals surface area contributed by atoms with Crippen molar-refractivity contribution in [1.82, 2.24) is 0 Å². The molecular formula is C15H13F3N2O. The van der Waals surface area contributed by atoms with E-state index in [1.807, 2.05) is 0 Å². The fraction of sp³-hybridized carbons (Fsp3) is 0.467. The Kier molecular flexibility index (Phi) is 3.36. The highest BCUT2D eigenvalue weighted by molar-refractivity contribution is 6.04. The number of nitriles is 1. The van der Waals surface area contributed by atoms with Crippen molar-refractivity contribution in [2.24, 2.45) is 11.1 Å². The fourth-order valence-corrected chi connectivity index (χ4v) is 3.05. The minimum Gasteiger partial charge on any atom is -0.392 e. The third-order valence-corrected chi connectivity index (χ3v) is 4.07. The molecule has 1 aliphatic carbocycles. The monoisotopic (exact) mass is 294 g/mol. The third kappa shape index (κ3) is 2.48. The van der Waals surface area contributed by atoms with E-state index in [9.17, 15) is 13.2 Å². The Balaban J connectivity index is 2.04. The molecule has 0 radical (unpaired) electrons. The second kappa shape index (κ2) is 5.06. The molecule has 1 aromatic carbocycles. The molecule has 0 bridgehead atoms. The van der Waals surface area contributed by atoms with Crippen LogP contribution in [-0.2, 0) is 11.0 Å². The molecule has 0 unspecified atom stereocenters. The van der Waals surface area contributed by atoms with E-state index in [0.717, 1.165) is 31.7 Å². The number of benzene rings is 1. The van der Waals surface area contributed by atoms with Crippen LogP contribution in [0.4, 0.5) is 13.2 Å². The highest BCUT2D eigenvalue weighted by atomic mass is 19.4. The van der Waals surface area contributed by atoms with Crippen molar-refractivity contribution < 1.29 is 18.0 Å². The van der Waals surface area contributed by atoms with E-state index >= 15 is 0 Å². The summed E-state index contributed by atoms with van der Waals surface area (Å²) < 4.78 is 39.7. The first-order chi connectivity index (χ1) is 10.0. The zero-order valence-electron chi connectivity index (χ0n) is 11.2. The Morgan fingerprint density at radius 3 is 2.71 bits per heavy atom. The number of fused-ring (bicyclic) bond motifs is 1. The number of oxime groups is 1. The molecule has 3 nitrogen and oxygen atoms in total. The number of halogens is 3. The predicted octanol–water partition coefficient (Wildman–Crippen LogP) is 3.87. The molecule has 21 heavy (non-hydrogen) atoms. The second-order valence-electron chi connectivity index (χ2n) is 5.38. The van der Waals surface area contributed by atoms with Crippen molar-refractivity contribution >= 4 is 5.71 Å². The summed E-state index contributed by atoms with van der Waals surface area (Å²) in [5.41, 5.74) is -0.409. The molecule has 110 valence electrons. The van der Waals surface area contributed by atoms with Gasteiger partial charge < -0.3 is 4.84 Å². The van der Waals surface area contributed by atoms with Gasteiger partial charge >= 0.3 is 6.18 Å². The third-order valence-electron chi connectivity index (χ3n) is 4.07. The summed E-state index contributed by atoms with van der Waals surface area (Å²) in [6, 6.07) is 5.35. The maximum Gasteiger partial charge on any atom is 0.417 e. The van der Waals surface area contributed by atoms with E-state index in [-0.39, 0.29) is 23.1 Å². The molecule has 0 saturated heterocycles. The van der Waals surface area contributed by atoms with Crippen molar-refractivity contribution in [3.8, 4) is 6.07 Å². The number of nitrogens with zero attached hydrogens (tertiary/aromatic N) is 2. The molecule has 0 amide bonds. The predicted molar refractivity (Wildman–Crippen MR) is 69.5 cm³/mol. The van der Waals surface area contributed by atoms with Crippen molar-refractivity contribution in [3.05, 3.63) is 34.9 Å². The van der Waals surface area contributed by atoms with E-state index in [0.29, 0.717) is 5.71 Å². The van der Waals surface area contributed by atoms with Crippen molar-refractivity contribution in [2.75, 3.05) is 0 Å². The van der Waals surface area contributed by atoms with E-state index in [2.05, 4.69) is 5.16 Å². The van der Waals surface area contributed by atoms with Gasteiger partial charge in [0.25, 0.3) is 0 Å². The molecule has 0 spiro atoms. The second-order valence-corrected chi connectivity index (χ2v) is 5.38. The molecule has 0 N–H and O–H groups in total. The standard InChI is InChI=1S/C15H13F3N2O/c16-15(17,18)12-7-9(8-19)5-6-10(12)14-11-3-1-2-4-13(11)21-20-14/h5-7,11,13H,1-4H2/t11-,13+/m1/s1. The first-order valence-corrected chi connectivity index (χ1v) is 6.86. The maximum absolute atomic E-state index is 13.2. The minimum atomic E-state index is -4.52. The number of alkyl halides is 3. The summed E-state index contributed by atoms with van der Waals surface area (Å²) in [4.78, 5) is 5.30. The lowest BCUT2D eigenvalue weighted by Gasteiger charge is -2.24. The normalized spacial score (nSPS) is 24.8. The summed E-state index contributed by atoms with van der Waals surface area (Å²) in [5.74, 6) is -0.0761. The van der Waals surface area contributed by atoms with Crippen LogP contribution in [0, 0.1) is 17.2 Å². The van der Waals surface area contributed by atoms with Crippen molar-refractivity contribution in [3.63, 3.8) is 0 Å². The molecule has 1 aromatic rings. The van der Waals surface area contributed by atoms with Gasteiger partial charge in [-0.3, -0.25) is 0 Å². The average Bonchev–Trinajstić information content (AvgIpc) is 2.89. The minimum absolute atomic E-state index is 0.00853. The summed E-state index contributed by atoms with van der Waals surface area (Å²) >= 11 is 0. The zero-order valence-corrected chi connectivity index (χ0v) is 11.2. The van der Waals surface area contributed by atoms with Gasteiger partial charge in [0.2, 0.25) is 0 Å². The Hall–Kier alpha value is -2.03. The largest absolute Gasteiger partial charge is 0.417 e. The summed E-state index contributed by atoms with van der Waals surface area (Å²) in [5, 5.41) is 12.7. The smallest absolute Gasteiger partial charge is 0.392 e. The summed E-state index contributed by atoms with van der Waals surface area (Å²) in [7, 11) is 0. The number of hydrogen-bond donors (Lipinski definition) is 0. The molecule has 1 fully saturated rings. The van der Waals surface area contributed by atoms with Crippen molar-refractivity contribution in [2.45, 2.75) is 38.0 Å². The topological polar surface area (TPSA) is 45.4 Å². The van der Waals surface area contributed by atoms with E-state index < -0.39 is 11.7 Å². The lowest BCUT2D eigenvalue weighted by atomic mass is 9.80. The molecule has 2 aliphatic rings. The van der Waals surface area contributed by atoms with Gasteiger partial charge in [0.15, 0.2) is 0 Å². The Morgan fingerprint density at radius 1 is 1.24 bits per heavy atom. The van der Waals surface area contributed by atoms with Crippen LogP contribution in [0.15, 0.2) is 23.4 Å². The van der Waals surface area contributed by atoms with Gasteiger partial charge in [-0.25, -0.2) is 0 Å². The van der Waals surface area contributed by atoms with E-state index in [1.54, 1.807) is 6.07 Å². The van der Waals surface area contributed by atoms with Crippen LogP contribution in [0.3, 0.4) is 0 Å². The van der Waals surface area contributed by atoms with Crippen molar-refractivity contribution in [1.29, 1.82) is 5.26 Å². The summed E-state index contributed by atoms with van der Waals surface area (Å²) in [6.45, 7) is 0. The Morgan fingerprint density at radius 2 is 2.00 bits per heavy atom. The molecular weight excluding hydrogens is 281 g/mol. The van der Waals surface area contributed by atoms with Gasteiger partial charge in [0.1, 0.15) is 6.10 Å². The van der Waals surface area contributed by atoms with Gasteiger partial charge in [-0.2, -0.15) is 18.4 Å². The van der Waals surface area contributed by atoms with E-state index in [4.69, 9.17) is 10.1 Å². The Bertz CT molecular complexity index is 631. The van der Waals surface area contributed by atoms with Gasteiger partial charge in [0.05, 0.1) is 22.9 Å². The lowest BCUT2D eigenvalue weighted by Crippen LogP contribution is -2.28. The highest BCUT2D eigenvalue weighted by Gasteiger charge is 2.41. The molecule has 6 heteroatoms. The van der Waals surface area contributed by atoms with Gasteiger partial charge in [-0.15, -0.1) is 0 Å². The number of rotatable bonds is 1. The summed E-state index contributed by atoms with van der Waals surface area (Å²) in [6.07, 6.45) is -1.01. The van der Waals surface area contributed by atoms with Gasteiger partial charge in [-0.05, 0) is 31.4 Å². The van der Waals surface area contributed by atoms with Crippen LogP contribution < -0.4 is 0 Å². The first-order valence-electron chi connectivity index (χ1n) is 6.86. The Labute approximate surface area is 120 Å². The van der Waals surface area contributed by atoms with Gasteiger partial charge in [0, 0.05) is 11.5 Å². The molecule has 3 rings (SSSR count). The van der Waals surface area contributed by atoms with E-state index in [1.165, 1.54) is 12.1 Å². The number of hydrogen-bond acceptors (Lipinski definition) is 3. The molecule has 2 atom stereocenters. The molecule has 0 aromatic heterocycles. The highest BCUT2D eigenvalue weighted by Crippen LogP contribution is 2.39. The SMILES string of the molecule is N#Cc1ccc(C2=NO[C@H]3CCCC[C@@H]23)c(C(F)(F)F)c1. The van der Waals surface area contributed by atoms with Gasteiger partial charge in [-0.1, -0.05) is 17.6 Å². The van der Waals surface area contributed by atoms with Crippen LogP contribution in [0.2, 0.25) is 0 Å². The van der Waals surface area contributed by atoms with Crippen LogP contribution in [-0.4, -0.2) is 11.8 Å². The first kappa shape index (κ1) is 13.9. The quantitative estimate of drug-likeness (QED) is 0.789. The lowest BCUT2D eigenvalue weighted by molar-refractivity contribution is -0.137. The fourth-order valence-electron chi connectivity index (χ4n) is 3.05. The molecule has 1 heterocycles.